The van der Waals surface area contributed by atoms with Crippen molar-refractivity contribution in [1.29, 1.82) is 0 Å². The van der Waals surface area contributed by atoms with Gasteiger partial charge in [-0.15, -0.1) is 10.2 Å². The van der Waals surface area contributed by atoms with Crippen LogP contribution < -0.4 is 19.3 Å². The van der Waals surface area contributed by atoms with Crippen LogP contribution in [0.5, 0.6) is 17.8 Å². The molecule has 2 aromatic heterocycles. The molecule has 0 unspecified atom stereocenters. The molecule has 2 fully saturated rings. The van der Waals surface area contributed by atoms with E-state index in [9.17, 15) is 0 Å². The first-order chi connectivity index (χ1) is 14.3. The molecule has 0 aliphatic carbocycles. The molecule has 0 atom stereocenters. The van der Waals surface area contributed by atoms with Crippen LogP contribution in [0.3, 0.4) is 0 Å². The Bertz CT molecular complexity index is 744. The van der Waals surface area contributed by atoms with Gasteiger partial charge in [-0.3, -0.25) is 0 Å². The monoisotopic (exact) mass is 403 g/mol. The second-order valence-electron chi connectivity index (χ2n) is 6.58. The predicted octanol–water partition coefficient (Wildman–Crippen LogP) is 0.916. The normalized spacial score (nSPS) is 17.3. The molecule has 4 heterocycles. The zero-order valence-electron chi connectivity index (χ0n) is 16.5. The van der Waals surface area contributed by atoms with Crippen LogP contribution >= 0.6 is 0 Å². The van der Waals surface area contributed by atoms with Crippen LogP contribution in [0.4, 0.5) is 11.9 Å². The summed E-state index contributed by atoms with van der Waals surface area (Å²) in [5.74, 6) is 1.88. The van der Waals surface area contributed by atoms with Gasteiger partial charge in [0.15, 0.2) is 0 Å². The SMILES string of the molecule is CCCOc1ccc(Oc2nc(N3CCOCC3)nc(N3CCOCC3)n2)nn1. The average Bonchev–Trinajstić information content (AvgIpc) is 2.79. The summed E-state index contributed by atoms with van der Waals surface area (Å²) in [6.07, 6.45) is 0.902. The van der Waals surface area contributed by atoms with Crippen molar-refractivity contribution in [2.24, 2.45) is 0 Å². The lowest BCUT2D eigenvalue weighted by Gasteiger charge is -2.30. The van der Waals surface area contributed by atoms with Gasteiger partial charge in [-0.05, 0) is 6.42 Å². The first kappa shape index (κ1) is 19.5. The van der Waals surface area contributed by atoms with E-state index < -0.39 is 0 Å². The second kappa shape index (κ2) is 9.61. The van der Waals surface area contributed by atoms with Gasteiger partial charge in [-0.25, -0.2) is 0 Å². The fraction of sp³-hybridized carbons (Fsp3) is 0.611. The minimum absolute atomic E-state index is 0.180. The van der Waals surface area contributed by atoms with E-state index in [0.29, 0.717) is 56.7 Å². The van der Waals surface area contributed by atoms with Gasteiger partial charge < -0.3 is 28.7 Å². The highest BCUT2D eigenvalue weighted by Crippen LogP contribution is 2.23. The van der Waals surface area contributed by atoms with Gasteiger partial charge in [-0.2, -0.15) is 15.0 Å². The molecule has 11 nitrogen and oxygen atoms in total. The molecule has 156 valence electrons. The topological polar surface area (TPSA) is 108 Å². The summed E-state index contributed by atoms with van der Waals surface area (Å²) >= 11 is 0. The van der Waals surface area contributed by atoms with E-state index in [-0.39, 0.29) is 6.01 Å². The fourth-order valence-electron chi connectivity index (χ4n) is 2.93. The molecular formula is C18H25N7O4. The number of nitrogens with zero attached hydrogens (tertiary/aromatic N) is 7. The van der Waals surface area contributed by atoms with E-state index in [0.717, 1.165) is 32.6 Å². The second-order valence-corrected chi connectivity index (χ2v) is 6.58. The van der Waals surface area contributed by atoms with Crippen LogP contribution in [-0.2, 0) is 9.47 Å². The lowest BCUT2D eigenvalue weighted by molar-refractivity contribution is 0.121. The largest absolute Gasteiger partial charge is 0.477 e. The van der Waals surface area contributed by atoms with E-state index in [4.69, 9.17) is 18.9 Å². The number of aromatic nitrogens is 5. The Hall–Kier alpha value is -2.79. The van der Waals surface area contributed by atoms with E-state index in [1.54, 1.807) is 12.1 Å². The van der Waals surface area contributed by atoms with Gasteiger partial charge in [0.05, 0.1) is 33.0 Å². The highest BCUT2D eigenvalue weighted by atomic mass is 16.5. The zero-order valence-corrected chi connectivity index (χ0v) is 16.5. The highest BCUT2D eigenvalue weighted by Gasteiger charge is 2.21. The third-order valence-electron chi connectivity index (χ3n) is 4.44. The summed E-state index contributed by atoms with van der Waals surface area (Å²) in [5.41, 5.74) is 0. The lowest BCUT2D eigenvalue weighted by Crippen LogP contribution is -2.40. The summed E-state index contributed by atoms with van der Waals surface area (Å²) in [6, 6.07) is 3.58. The predicted molar refractivity (Wildman–Crippen MR) is 104 cm³/mol. The maximum absolute atomic E-state index is 5.79. The average molecular weight is 403 g/mol. The van der Waals surface area contributed by atoms with Crippen LogP contribution in [0.1, 0.15) is 13.3 Å². The molecular weight excluding hydrogens is 378 g/mol. The third kappa shape index (κ3) is 5.18. The standard InChI is InChI=1S/C18H25N7O4/c1-2-9-28-14-3-4-15(23-22-14)29-18-20-16(24-5-10-26-11-6-24)19-17(21-18)25-7-12-27-13-8-25/h3-4H,2,5-13H2,1H3. The van der Waals surface area contributed by atoms with Crippen LogP contribution in [0.25, 0.3) is 0 Å². The van der Waals surface area contributed by atoms with Gasteiger partial charge >= 0.3 is 6.01 Å². The maximum Gasteiger partial charge on any atom is 0.330 e. The van der Waals surface area contributed by atoms with E-state index in [2.05, 4.69) is 34.9 Å². The third-order valence-corrected chi connectivity index (χ3v) is 4.44. The molecule has 2 saturated heterocycles. The van der Waals surface area contributed by atoms with Gasteiger partial charge in [0.2, 0.25) is 23.7 Å². The van der Waals surface area contributed by atoms with Crippen molar-refractivity contribution in [3.63, 3.8) is 0 Å². The minimum Gasteiger partial charge on any atom is -0.477 e. The molecule has 0 amide bonds. The molecule has 0 bridgehead atoms. The molecule has 29 heavy (non-hydrogen) atoms. The van der Waals surface area contributed by atoms with Crippen LogP contribution in [0.15, 0.2) is 12.1 Å². The number of hydrogen-bond acceptors (Lipinski definition) is 11. The Morgan fingerprint density at radius 3 is 1.90 bits per heavy atom. The molecule has 0 spiro atoms. The number of morpholine rings is 2. The van der Waals surface area contributed by atoms with Crippen molar-refractivity contribution in [2.45, 2.75) is 13.3 Å². The first-order valence-corrected chi connectivity index (χ1v) is 9.87. The summed E-state index contributed by atoms with van der Waals surface area (Å²) in [6.45, 7) is 8.05. The quantitative estimate of drug-likeness (QED) is 0.658. The Balaban J connectivity index is 1.55. The lowest BCUT2D eigenvalue weighted by atomic mass is 10.4. The molecule has 0 radical (unpaired) electrons. The summed E-state index contributed by atoms with van der Waals surface area (Å²) in [7, 11) is 0. The molecule has 2 aliphatic rings. The molecule has 2 aliphatic heterocycles. The Labute approximate surface area is 169 Å². The number of rotatable bonds is 7. The van der Waals surface area contributed by atoms with E-state index in [1.807, 2.05) is 6.92 Å². The summed E-state index contributed by atoms with van der Waals surface area (Å²) < 4.78 is 22.1. The highest BCUT2D eigenvalue weighted by molar-refractivity contribution is 5.41. The first-order valence-electron chi connectivity index (χ1n) is 9.87. The number of ether oxygens (including phenoxy) is 4. The van der Waals surface area contributed by atoms with Gasteiger partial charge in [0.25, 0.3) is 0 Å². The molecule has 2 aromatic rings. The molecule has 4 rings (SSSR count). The Kier molecular flexibility index (Phi) is 6.47. The van der Waals surface area contributed by atoms with Gasteiger partial charge in [-0.1, -0.05) is 6.92 Å². The van der Waals surface area contributed by atoms with Crippen molar-refractivity contribution in [2.75, 3.05) is 69.0 Å². The van der Waals surface area contributed by atoms with E-state index in [1.165, 1.54) is 0 Å². The number of hydrogen-bond donors (Lipinski definition) is 0. The van der Waals surface area contributed by atoms with Crippen molar-refractivity contribution < 1.29 is 18.9 Å². The molecule has 0 aromatic carbocycles. The minimum atomic E-state index is 0.180. The number of anilines is 2. The maximum atomic E-state index is 5.79. The van der Waals surface area contributed by atoms with Gasteiger partial charge in [0.1, 0.15) is 0 Å². The van der Waals surface area contributed by atoms with E-state index >= 15 is 0 Å². The van der Waals surface area contributed by atoms with Crippen molar-refractivity contribution in [3.8, 4) is 17.8 Å². The molecule has 0 saturated carbocycles. The van der Waals surface area contributed by atoms with Crippen molar-refractivity contribution in [1.82, 2.24) is 25.1 Å². The molecule has 0 N–H and O–H groups in total. The zero-order chi connectivity index (χ0) is 19.9. The Morgan fingerprint density at radius 1 is 0.828 bits per heavy atom. The van der Waals surface area contributed by atoms with Crippen LogP contribution in [0.2, 0.25) is 0 Å². The van der Waals surface area contributed by atoms with Gasteiger partial charge in [0, 0.05) is 38.3 Å². The van der Waals surface area contributed by atoms with Crippen LogP contribution in [0, 0.1) is 0 Å². The molecule has 11 heteroatoms. The van der Waals surface area contributed by atoms with Crippen molar-refractivity contribution in [3.05, 3.63) is 12.1 Å². The van der Waals surface area contributed by atoms with Crippen LogP contribution in [-0.4, -0.2) is 84.4 Å². The smallest absolute Gasteiger partial charge is 0.330 e. The Morgan fingerprint density at radius 2 is 1.38 bits per heavy atom. The summed E-state index contributed by atoms with van der Waals surface area (Å²) in [5, 5.41) is 8.06. The summed E-state index contributed by atoms with van der Waals surface area (Å²) in [4.78, 5) is 17.8. The fourth-order valence-corrected chi connectivity index (χ4v) is 2.93. The van der Waals surface area contributed by atoms with Crippen molar-refractivity contribution >= 4 is 11.9 Å².